The Morgan fingerprint density at radius 2 is 1.54 bits per heavy atom. The van der Waals surface area contributed by atoms with Crippen molar-refractivity contribution in [2.24, 2.45) is 29.1 Å². The van der Waals surface area contributed by atoms with Crippen LogP contribution in [0.5, 0.6) is 0 Å². The van der Waals surface area contributed by atoms with Crippen LogP contribution in [0.2, 0.25) is 0 Å². The van der Waals surface area contributed by atoms with Gasteiger partial charge in [-0.3, -0.25) is 4.79 Å². The molecule has 7 rings (SSSR count). The summed E-state index contributed by atoms with van der Waals surface area (Å²) in [4.78, 5) is 25.5. The van der Waals surface area contributed by atoms with E-state index in [1.807, 2.05) is 36.4 Å². The molecule has 0 aliphatic heterocycles. The lowest BCUT2D eigenvalue weighted by atomic mass is 9.48. The summed E-state index contributed by atoms with van der Waals surface area (Å²) in [6, 6.07) is 16.8. The molecule has 39 heavy (non-hydrogen) atoms. The van der Waals surface area contributed by atoms with Crippen molar-refractivity contribution in [1.29, 1.82) is 0 Å². The van der Waals surface area contributed by atoms with Gasteiger partial charge >= 0.3 is 11.9 Å². The summed E-state index contributed by atoms with van der Waals surface area (Å²) in [5, 5.41) is 32.4. The number of ether oxygens (including phenoxy) is 1. The average molecular weight is 533 g/mol. The van der Waals surface area contributed by atoms with E-state index in [1.54, 1.807) is 18.2 Å². The first kappa shape index (κ1) is 26.5. The van der Waals surface area contributed by atoms with Crippen LogP contribution in [0.25, 0.3) is 11.1 Å². The second kappa shape index (κ2) is 10.4. The van der Waals surface area contributed by atoms with Gasteiger partial charge in [-0.05, 0) is 111 Å². The summed E-state index contributed by atoms with van der Waals surface area (Å²) >= 11 is 0. The van der Waals surface area contributed by atoms with Crippen molar-refractivity contribution in [3.05, 3.63) is 60.2 Å². The molecule has 0 saturated heterocycles. The number of hydrogen-bond acceptors (Lipinski definition) is 5. The average Bonchev–Trinajstić information content (AvgIpc) is 3.20. The predicted octanol–water partition coefficient (Wildman–Crippen LogP) is 5.85. The second-order valence-corrected chi connectivity index (χ2v) is 13.0. The SMILES string of the molecule is O=C(O)CC1(OC(=O)c2cccc(-c3ccccc3)c2)C(O)CCC1CCC(O)C12CC3CC(CC(C3)C1)C2. The smallest absolute Gasteiger partial charge is 0.338 e. The zero-order chi connectivity index (χ0) is 27.2. The third-order valence-corrected chi connectivity index (χ3v) is 10.5. The summed E-state index contributed by atoms with van der Waals surface area (Å²) in [5.74, 6) is 0.150. The Hall–Kier alpha value is -2.70. The summed E-state index contributed by atoms with van der Waals surface area (Å²) in [6.07, 6.45) is 7.30. The van der Waals surface area contributed by atoms with Crippen molar-refractivity contribution < 1.29 is 29.6 Å². The molecule has 0 aromatic heterocycles. The summed E-state index contributed by atoms with van der Waals surface area (Å²) in [5.41, 5.74) is 0.625. The molecule has 0 radical (unpaired) electrons. The van der Waals surface area contributed by atoms with Crippen LogP contribution >= 0.6 is 0 Å². The number of benzene rings is 2. The van der Waals surface area contributed by atoms with Gasteiger partial charge < -0.3 is 20.1 Å². The lowest BCUT2D eigenvalue weighted by molar-refractivity contribution is -0.153. The Bertz CT molecular complexity index is 1170. The topological polar surface area (TPSA) is 104 Å². The van der Waals surface area contributed by atoms with E-state index in [9.17, 15) is 24.9 Å². The van der Waals surface area contributed by atoms with Crippen molar-refractivity contribution in [3.8, 4) is 11.1 Å². The minimum atomic E-state index is -1.51. The maximum Gasteiger partial charge on any atom is 0.338 e. The fourth-order valence-corrected chi connectivity index (χ4v) is 9.13. The number of rotatable bonds is 9. The Kier molecular flexibility index (Phi) is 7.05. The molecule has 0 spiro atoms. The van der Waals surface area contributed by atoms with Crippen molar-refractivity contribution >= 4 is 11.9 Å². The van der Waals surface area contributed by atoms with Crippen LogP contribution in [-0.4, -0.2) is 45.1 Å². The molecular weight excluding hydrogens is 492 g/mol. The quantitative estimate of drug-likeness (QED) is 0.350. The molecule has 4 atom stereocenters. The van der Waals surface area contributed by atoms with E-state index in [1.165, 1.54) is 19.3 Å². The Morgan fingerprint density at radius 3 is 2.18 bits per heavy atom. The lowest BCUT2D eigenvalue weighted by Gasteiger charge is -2.58. The van der Waals surface area contributed by atoms with Gasteiger partial charge in [0.2, 0.25) is 0 Å². The monoisotopic (exact) mass is 532 g/mol. The first-order valence-electron chi connectivity index (χ1n) is 14.7. The number of carbonyl (C=O) groups is 2. The lowest BCUT2D eigenvalue weighted by Crippen LogP contribution is -2.52. The molecule has 3 N–H and O–H groups in total. The molecule has 5 saturated carbocycles. The molecule has 4 bridgehead atoms. The summed E-state index contributed by atoms with van der Waals surface area (Å²) in [7, 11) is 0. The molecule has 5 aliphatic carbocycles. The summed E-state index contributed by atoms with van der Waals surface area (Å²) < 4.78 is 6.04. The number of aliphatic hydroxyl groups is 2. The van der Waals surface area contributed by atoms with Gasteiger partial charge in [0.05, 0.1) is 24.2 Å². The Balaban J connectivity index is 1.20. The fourth-order valence-electron chi connectivity index (χ4n) is 9.13. The first-order chi connectivity index (χ1) is 18.8. The molecule has 0 heterocycles. The van der Waals surface area contributed by atoms with E-state index >= 15 is 0 Å². The van der Waals surface area contributed by atoms with Gasteiger partial charge in [0.15, 0.2) is 5.60 Å². The molecule has 4 unspecified atom stereocenters. The van der Waals surface area contributed by atoms with E-state index < -0.39 is 36.2 Å². The number of aliphatic hydroxyl groups excluding tert-OH is 2. The van der Waals surface area contributed by atoms with Gasteiger partial charge in [0, 0.05) is 5.92 Å². The highest BCUT2D eigenvalue weighted by molar-refractivity contribution is 5.91. The minimum Gasteiger partial charge on any atom is -0.481 e. The molecule has 0 amide bonds. The third kappa shape index (κ3) is 5.02. The van der Waals surface area contributed by atoms with Crippen molar-refractivity contribution in [3.63, 3.8) is 0 Å². The molecule has 5 fully saturated rings. The highest BCUT2D eigenvalue weighted by atomic mass is 16.6. The zero-order valence-electron chi connectivity index (χ0n) is 22.5. The molecule has 6 heteroatoms. The van der Waals surface area contributed by atoms with Gasteiger partial charge in [0.1, 0.15) is 0 Å². The van der Waals surface area contributed by atoms with Crippen molar-refractivity contribution in [1.82, 2.24) is 0 Å². The van der Waals surface area contributed by atoms with Crippen LogP contribution in [0.15, 0.2) is 54.6 Å². The van der Waals surface area contributed by atoms with Crippen LogP contribution in [0.3, 0.4) is 0 Å². The molecule has 2 aromatic rings. The maximum absolute atomic E-state index is 13.5. The first-order valence-corrected chi connectivity index (χ1v) is 14.7. The van der Waals surface area contributed by atoms with Gasteiger partial charge in [-0.2, -0.15) is 0 Å². The van der Waals surface area contributed by atoms with E-state index in [0.717, 1.165) is 48.1 Å². The molecule has 2 aromatic carbocycles. The fraction of sp³-hybridized carbons (Fsp3) is 0.576. The van der Waals surface area contributed by atoms with Crippen LogP contribution in [0, 0.1) is 29.1 Å². The van der Waals surface area contributed by atoms with Gasteiger partial charge in [-0.1, -0.05) is 42.5 Å². The summed E-state index contributed by atoms with van der Waals surface area (Å²) in [6.45, 7) is 0. The van der Waals surface area contributed by atoms with Gasteiger partial charge in [-0.15, -0.1) is 0 Å². The third-order valence-electron chi connectivity index (χ3n) is 10.5. The zero-order valence-corrected chi connectivity index (χ0v) is 22.5. The van der Waals surface area contributed by atoms with Crippen LogP contribution < -0.4 is 0 Å². The second-order valence-electron chi connectivity index (χ2n) is 13.0. The molecule has 5 aliphatic rings. The number of aliphatic carboxylic acids is 1. The van der Waals surface area contributed by atoms with E-state index in [0.29, 0.717) is 31.2 Å². The van der Waals surface area contributed by atoms with Gasteiger partial charge in [-0.25, -0.2) is 4.79 Å². The molecule has 6 nitrogen and oxygen atoms in total. The number of carboxylic acid groups (broad SMARTS) is 1. The Morgan fingerprint density at radius 1 is 0.897 bits per heavy atom. The Labute approximate surface area is 230 Å². The predicted molar refractivity (Wildman–Crippen MR) is 147 cm³/mol. The van der Waals surface area contributed by atoms with Crippen molar-refractivity contribution in [2.75, 3.05) is 0 Å². The van der Waals surface area contributed by atoms with Crippen LogP contribution in [0.1, 0.15) is 81.0 Å². The number of esters is 1. The molecule has 208 valence electrons. The van der Waals surface area contributed by atoms with E-state index in [4.69, 9.17) is 4.74 Å². The minimum absolute atomic E-state index is 0.0179. The number of carboxylic acids is 1. The highest BCUT2D eigenvalue weighted by Crippen LogP contribution is 2.62. The normalized spacial score (nSPS) is 35.6. The van der Waals surface area contributed by atoms with E-state index in [2.05, 4.69) is 0 Å². The highest BCUT2D eigenvalue weighted by Gasteiger charge is 2.56. The van der Waals surface area contributed by atoms with Crippen LogP contribution in [0.4, 0.5) is 0 Å². The number of carbonyl (C=O) groups excluding carboxylic acids is 1. The standard InChI is InChI=1S/C33H40O6/c34-28(32-17-21-13-22(18-32)15-23(14-21)19-32)11-9-27-10-12-29(35)33(27,20-30(36)37)39-31(38)26-8-4-7-25(16-26)24-5-2-1-3-6-24/h1-8,16,21-23,27-29,34-35H,9-15,17-20H2,(H,36,37). The van der Waals surface area contributed by atoms with Gasteiger partial charge in [0.25, 0.3) is 0 Å². The number of hydrogen-bond donors (Lipinski definition) is 3. The van der Waals surface area contributed by atoms with Crippen LogP contribution in [-0.2, 0) is 9.53 Å². The molecular formula is C33H40O6. The van der Waals surface area contributed by atoms with E-state index in [-0.39, 0.29) is 11.3 Å². The van der Waals surface area contributed by atoms with Crippen molar-refractivity contribution in [2.45, 2.75) is 88.4 Å². The largest absolute Gasteiger partial charge is 0.481 e. The maximum atomic E-state index is 13.5.